The second-order valence-corrected chi connectivity index (χ2v) is 6.45. The Morgan fingerprint density at radius 2 is 2.12 bits per heavy atom. The number of likely N-dealkylation sites (tertiary alicyclic amines) is 1. The Morgan fingerprint density at radius 3 is 2.80 bits per heavy atom. The van der Waals surface area contributed by atoms with Crippen LogP contribution in [0, 0.1) is 5.82 Å². The van der Waals surface area contributed by atoms with Crippen LogP contribution in [0.1, 0.15) is 19.8 Å². The van der Waals surface area contributed by atoms with Gasteiger partial charge in [-0.2, -0.15) is 0 Å². The molecule has 7 heteroatoms. The molecule has 0 saturated carbocycles. The lowest BCUT2D eigenvalue weighted by atomic mass is 9.89. The van der Waals surface area contributed by atoms with E-state index in [-0.39, 0.29) is 30.8 Å². The van der Waals surface area contributed by atoms with Crippen molar-refractivity contribution in [2.24, 2.45) is 0 Å². The molecule has 0 N–H and O–H groups in total. The van der Waals surface area contributed by atoms with Gasteiger partial charge in [0.15, 0.2) is 0 Å². The summed E-state index contributed by atoms with van der Waals surface area (Å²) >= 11 is 0. The summed E-state index contributed by atoms with van der Waals surface area (Å²) in [6.07, 6.45) is 1.29. The lowest BCUT2D eigenvalue weighted by Gasteiger charge is -2.47. The minimum atomic E-state index is -0.484. The third-order valence-electron chi connectivity index (χ3n) is 4.83. The van der Waals surface area contributed by atoms with E-state index in [2.05, 4.69) is 0 Å². The number of carbonyl (C=O) groups excluding carboxylic acids is 2. The summed E-state index contributed by atoms with van der Waals surface area (Å²) in [5, 5.41) is 0. The standard InChI is InChI=1S/C18H23FN2O4/c1-2-24-11-16(22)20-8-6-18(7-9-20)13-21(17(23)12-25-18)15-5-3-4-14(19)10-15/h3-5,10H,2,6-9,11-13H2,1H3. The molecule has 2 aliphatic rings. The van der Waals surface area contributed by atoms with Crippen molar-refractivity contribution >= 4 is 17.5 Å². The van der Waals surface area contributed by atoms with E-state index in [4.69, 9.17) is 9.47 Å². The van der Waals surface area contributed by atoms with Crippen molar-refractivity contribution in [3.05, 3.63) is 30.1 Å². The van der Waals surface area contributed by atoms with Crippen LogP contribution in [-0.2, 0) is 19.1 Å². The first-order valence-electron chi connectivity index (χ1n) is 8.58. The molecule has 0 bridgehead atoms. The zero-order valence-electron chi connectivity index (χ0n) is 14.4. The molecule has 0 unspecified atom stereocenters. The Bertz CT molecular complexity index is 644. The number of piperidine rings is 1. The van der Waals surface area contributed by atoms with Crippen molar-refractivity contribution in [1.82, 2.24) is 4.90 Å². The maximum Gasteiger partial charge on any atom is 0.253 e. The molecule has 6 nitrogen and oxygen atoms in total. The quantitative estimate of drug-likeness (QED) is 0.827. The van der Waals surface area contributed by atoms with Crippen LogP contribution < -0.4 is 4.90 Å². The zero-order chi connectivity index (χ0) is 17.9. The first-order chi connectivity index (χ1) is 12.0. The van der Waals surface area contributed by atoms with Gasteiger partial charge in [-0.3, -0.25) is 9.59 Å². The molecule has 2 amide bonds. The first kappa shape index (κ1) is 17.8. The van der Waals surface area contributed by atoms with E-state index in [0.717, 1.165) is 0 Å². The van der Waals surface area contributed by atoms with Gasteiger partial charge in [-0.1, -0.05) is 6.07 Å². The van der Waals surface area contributed by atoms with E-state index in [1.54, 1.807) is 21.9 Å². The van der Waals surface area contributed by atoms with Gasteiger partial charge in [0, 0.05) is 25.4 Å². The summed E-state index contributed by atoms with van der Waals surface area (Å²) in [7, 11) is 0. The Morgan fingerprint density at radius 1 is 1.36 bits per heavy atom. The van der Waals surface area contributed by atoms with E-state index in [0.29, 0.717) is 44.8 Å². The molecule has 2 heterocycles. The number of morpholine rings is 1. The normalized spacial score (nSPS) is 20.2. The molecule has 1 aromatic rings. The van der Waals surface area contributed by atoms with Gasteiger partial charge in [0.05, 0.1) is 12.1 Å². The average molecular weight is 350 g/mol. The molecule has 0 aromatic heterocycles. The van der Waals surface area contributed by atoms with Gasteiger partial charge in [-0.25, -0.2) is 4.39 Å². The van der Waals surface area contributed by atoms with Crippen molar-refractivity contribution in [3.8, 4) is 0 Å². The average Bonchev–Trinajstić information content (AvgIpc) is 2.62. The number of rotatable bonds is 4. The van der Waals surface area contributed by atoms with Crippen LogP contribution in [0.4, 0.5) is 10.1 Å². The van der Waals surface area contributed by atoms with Gasteiger partial charge in [0.25, 0.3) is 5.91 Å². The third kappa shape index (κ3) is 3.99. The van der Waals surface area contributed by atoms with Crippen LogP contribution >= 0.6 is 0 Å². The van der Waals surface area contributed by atoms with Crippen LogP contribution in [0.25, 0.3) is 0 Å². The highest BCUT2D eigenvalue weighted by Crippen LogP contribution is 2.33. The largest absolute Gasteiger partial charge is 0.372 e. The maximum absolute atomic E-state index is 13.5. The van der Waals surface area contributed by atoms with Crippen molar-refractivity contribution < 1.29 is 23.5 Å². The van der Waals surface area contributed by atoms with Gasteiger partial charge in [0.1, 0.15) is 19.0 Å². The topological polar surface area (TPSA) is 59.1 Å². The minimum absolute atomic E-state index is 0.0226. The summed E-state index contributed by atoms with van der Waals surface area (Å²) in [5.74, 6) is -0.571. The van der Waals surface area contributed by atoms with Crippen LogP contribution in [-0.4, -0.2) is 61.8 Å². The molecule has 0 atom stereocenters. The highest BCUT2D eigenvalue weighted by molar-refractivity contribution is 5.95. The molecule has 2 saturated heterocycles. The second-order valence-electron chi connectivity index (χ2n) is 6.45. The van der Waals surface area contributed by atoms with E-state index in [9.17, 15) is 14.0 Å². The van der Waals surface area contributed by atoms with Crippen LogP contribution in [0.3, 0.4) is 0 Å². The van der Waals surface area contributed by atoms with Gasteiger partial charge >= 0.3 is 0 Å². The van der Waals surface area contributed by atoms with E-state index < -0.39 is 5.60 Å². The molecule has 2 aliphatic heterocycles. The predicted molar refractivity (Wildman–Crippen MR) is 89.7 cm³/mol. The molecule has 1 aromatic carbocycles. The monoisotopic (exact) mass is 350 g/mol. The summed E-state index contributed by atoms with van der Waals surface area (Å²) in [6, 6.07) is 6.03. The predicted octanol–water partition coefficient (Wildman–Crippen LogP) is 1.59. The lowest BCUT2D eigenvalue weighted by Crippen LogP contribution is -2.59. The fourth-order valence-electron chi connectivity index (χ4n) is 3.34. The first-order valence-corrected chi connectivity index (χ1v) is 8.58. The van der Waals surface area contributed by atoms with Crippen molar-refractivity contribution in [2.75, 3.05) is 44.4 Å². The molecule has 3 rings (SSSR count). The number of carbonyl (C=O) groups is 2. The fourth-order valence-corrected chi connectivity index (χ4v) is 3.34. The number of ether oxygens (including phenoxy) is 2. The SMILES string of the molecule is CCOCC(=O)N1CCC2(CC1)CN(c1cccc(F)c1)C(=O)CO2. The molecule has 2 fully saturated rings. The van der Waals surface area contributed by atoms with Gasteiger partial charge in [0.2, 0.25) is 5.91 Å². The smallest absolute Gasteiger partial charge is 0.253 e. The van der Waals surface area contributed by atoms with Gasteiger partial charge < -0.3 is 19.3 Å². The van der Waals surface area contributed by atoms with Crippen molar-refractivity contribution in [2.45, 2.75) is 25.4 Å². The Hall–Kier alpha value is -1.99. The van der Waals surface area contributed by atoms with E-state index in [1.165, 1.54) is 12.1 Å². The summed E-state index contributed by atoms with van der Waals surface area (Å²) in [4.78, 5) is 27.6. The number of amides is 2. The van der Waals surface area contributed by atoms with Gasteiger partial charge in [-0.15, -0.1) is 0 Å². The number of anilines is 1. The van der Waals surface area contributed by atoms with E-state index in [1.807, 2.05) is 6.92 Å². The van der Waals surface area contributed by atoms with Crippen molar-refractivity contribution in [3.63, 3.8) is 0 Å². The molecular weight excluding hydrogens is 327 g/mol. The Kier molecular flexibility index (Phi) is 5.34. The minimum Gasteiger partial charge on any atom is -0.372 e. The molecule has 1 spiro atoms. The zero-order valence-corrected chi connectivity index (χ0v) is 14.4. The Balaban J connectivity index is 1.65. The Labute approximate surface area is 146 Å². The van der Waals surface area contributed by atoms with Crippen molar-refractivity contribution in [1.29, 1.82) is 0 Å². The number of nitrogens with zero attached hydrogens (tertiary/aromatic N) is 2. The highest BCUT2D eigenvalue weighted by Gasteiger charge is 2.43. The second kappa shape index (κ2) is 7.49. The van der Waals surface area contributed by atoms with Gasteiger partial charge in [-0.05, 0) is 38.0 Å². The van der Waals surface area contributed by atoms with E-state index >= 15 is 0 Å². The number of benzene rings is 1. The molecule has 25 heavy (non-hydrogen) atoms. The third-order valence-corrected chi connectivity index (χ3v) is 4.83. The molecule has 136 valence electrons. The maximum atomic E-state index is 13.5. The molecule has 0 aliphatic carbocycles. The summed E-state index contributed by atoms with van der Waals surface area (Å²) in [5.41, 5.74) is 0.0605. The fraction of sp³-hybridized carbons (Fsp3) is 0.556. The highest BCUT2D eigenvalue weighted by atomic mass is 19.1. The number of halogens is 1. The number of hydrogen-bond donors (Lipinski definition) is 0. The van der Waals surface area contributed by atoms with Crippen LogP contribution in [0.5, 0.6) is 0 Å². The molecular formula is C18H23FN2O4. The summed E-state index contributed by atoms with van der Waals surface area (Å²) in [6.45, 7) is 3.95. The van der Waals surface area contributed by atoms with Crippen LogP contribution in [0.15, 0.2) is 24.3 Å². The number of hydrogen-bond acceptors (Lipinski definition) is 4. The van der Waals surface area contributed by atoms with Crippen LogP contribution in [0.2, 0.25) is 0 Å². The lowest BCUT2D eigenvalue weighted by molar-refractivity contribution is -0.152. The summed E-state index contributed by atoms with van der Waals surface area (Å²) < 4.78 is 24.5. The molecule has 0 radical (unpaired) electrons.